The van der Waals surface area contributed by atoms with Crippen molar-refractivity contribution in [1.29, 1.82) is 0 Å². The Morgan fingerprint density at radius 2 is 2.18 bits per heavy atom. The van der Waals surface area contributed by atoms with Crippen molar-refractivity contribution in [2.75, 3.05) is 6.54 Å². The van der Waals surface area contributed by atoms with Gasteiger partial charge in [0.15, 0.2) is 0 Å². The van der Waals surface area contributed by atoms with Crippen LogP contribution in [0.4, 0.5) is 0 Å². The first-order chi connectivity index (χ1) is 8.11. The molecule has 0 amide bonds. The molecule has 1 rings (SSSR count). The summed E-state index contributed by atoms with van der Waals surface area (Å²) in [6.45, 7) is 2.64. The highest BCUT2D eigenvalue weighted by molar-refractivity contribution is 7.89. The summed E-state index contributed by atoms with van der Waals surface area (Å²) in [5.41, 5.74) is 5.87. The number of nitrogens with one attached hydrogen (secondary N) is 1. The van der Waals surface area contributed by atoms with Crippen molar-refractivity contribution in [1.82, 2.24) is 9.71 Å². The second-order valence-corrected chi connectivity index (χ2v) is 5.49. The molecule has 1 heterocycles. The minimum Gasteiger partial charge on any atom is -0.325 e. The summed E-state index contributed by atoms with van der Waals surface area (Å²) in [6, 6.07) is 3.12. The van der Waals surface area contributed by atoms with E-state index in [-0.39, 0.29) is 11.4 Å². The van der Waals surface area contributed by atoms with Crippen molar-refractivity contribution in [3.8, 4) is 0 Å². The third-order valence-electron chi connectivity index (χ3n) is 2.40. The fraction of sp³-hybridized carbons (Fsp3) is 0.545. The first-order valence-corrected chi connectivity index (χ1v) is 7.23. The Hall–Kier alpha value is -0.980. The van der Waals surface area contributed by atoms with E-state index in [0.29, 0.717) is 12.2 Å². The minimum atomic E-state index is -3.48. The van der Waals surface area contributed by atoms with E-state index in [9.17, 15) is 8.42 Å². The van der Waals surface area contributed by atoms with Gasteiger partial charge in [0.1, 0.15) is 4.90 Å². The first kappa shape index (κ1) is 14.1. The molecule has 0 aliphatic rings. The van der Waals surface area contributed by atoms with Crippen LogP contribution in [0.3, 0.4) is 0 Å². The first-order valence-electron chi connectivity index (χ1n) is 5.75. The smallest absolute Gasteiger partial charge is 0.242 e. The molecule has 96 valence electrons. The summed E-state index contributed by atoms with van der Waals surface area (Å²) >= 11 is 0. The summed E-state index contributed by atoms with van der Waals surface area (Å²) in [4.78, 5) is 4.14. The molecular weight excluding hydrogens is 238 g/mol. The van der Waals surface area contributed by atoms with Crippen LogP contribution in [0.15, 0.2) is 23.2 Å². The van der Waals surface area contributed by atoms with E-state index in [0.717, 1.165) is 19.3 Å². The highest BCUT2D eigenvalue weighted by atomic mass is 32.2. The van der Waals surface area contributed by atoms with Crippen molar-refractivity contribution >= 4 is 10.0 Å². The maximum absolute atomic E-state index is 12.0. The summed E-state index contributed by atoms with van der Waals surface area (Å²) < 4.78 is 26.5. The number of rotatable bonds is 7. The van der Waals surface area contributed by atoms with Crippen LogP contribution in [0.5, 0.6) is 0 Å². The number of hydrogen-bond donors (Lipinski definition) is 2. The lowest BCUT2D eigenvalue weighted by molar-refractivity contribution is 0.574. The molecule has 0 unspecified atom stereocenters. The summed E-state index contributed by atoms with van der Waals surface area (Å²) in [6.07, 6.45) is 4.45. The number of nitrogens with two attached hydrogens (primary N) is 1. The normalized spacial score (nSPS) is 11.6. The van der Waals surface area contributed by atoms with Gasteiger partial charge >= 0.3 is 0 Å². The number of hydrogen-bond acceptors (Lipinski definition) is 4. The maximum atomic E-state index is 12.0. The predicted octanol–water partition coefficient (Wildman–Crippen LogP) is 1.01. The number of unbranched alkanes of at least 4 members (excludes halogenated alkanes) is 2. The number of nitrogens with zero attached hydrogens (tertiary/aromatic N) is 1. The predicted molar refractivity (Wildman–Crippen MR) is 66.8 cm³/mol. The van der Waals surface area contributed by atoms with Crippen LogP contribution < -0.4 is 10.5 Å². The van der Waals surface area contributed by atoms with Crippen molar-refractivity contribution in [2.45, 2.75) is 37.6 Å². The topological polar surface area (TPSA) is 85.1 Å². The maximum Gasteiger partial charge on any atom is 0.242 e. The largest absolute Gasteiger partial charge is 0.325 e. The minimum absolute atomic E-state index is 0.117. The van der Waals surface area contributed by atoms with Crippen molar-refractivity contribution in [3.63, 3.8) is 0 Å². The van der Waals surface area contributed by atoms with Gasteiger partial charge in [0.2, 0.25) is 10.0 Å². The van der Waals surface area contributed by atoms with Gasteiger partial charge in [-0.3, -0.25) is 4.98 Å². The molecule has 17 heavy (non-hydrogen) atoms. The number of sulfonamides is 1. The standard InChI is InChI=1S/C11H19N3O2S/c1-2-3-4-8-14-17(15,16)11-6-5-7-13-10(11)9-12/h5-7,14H,2-4,8-9,12H2,1H3. The zero-order valence-electron chi connectivity index (χ0n) is 10.0. The Labute approximate surface area is 102 Å². The van der Waals surface area contributed by atoms with Crippen LogP contribution in [0.2, 0.25) is 0 Å². The van der Waals surface area contributed by atoms with Crippen LogP contribution in [0, 0.1) is 0 Å². The van der Waals surface area contributed by atoms with Gasteiger partial charge < -0.3 is 5.73 Å². The average molecular weight is 257 g/mol. The monoisotopic (exact) mass is 257 g/mol. The van der Waals surface area contributed by atoms with Gasteiger partial charge in [0.25, 0.3) is 0 Å². The van der Waals surface area contributed by atoms with Gasteiger partial charge in [-0.1, -0.05) is 19.8 Å². The third kappa shape index (κ3) is 4.07. The van der Waals surface area contributed by atoms with Gasteiger partial charge in [0.05, 0.1) is 5.69 Å². The van der Waals surface area contributed by atoms with Crippen molar-refractivity contribution < 1.29 is 8.42 Å². The molecule has 5 nitrogen and oxygen atoms in total. The molecular formula is C11H19N3O2S. The van der Waals surface area contributed by atoms with Crippen molar-refractivity contribution in [2.24, 2.45) is 5.73 Å². The zero-order valence-corrected chi connectivity index (χ0v) is 10.8. The highest BCUT2D eigenvalue weighted by Crippen LogP contribution is 2.12. The van der Waals surface area contributed by atoms with E-state index in [1.807, 2.05) is 0 Å². The van der Waals surface area contributed by atoms with E-state index >= 15 is 0 Å². The van der Waals surface area contributed by atoms with Crippen LogP contribution in [0.1, 0.15) is 31.9 Å². The SMILES string of the molecule is CCCCCNS(=O)(=O)c1cccnc1CN. The average Bonchev–Trinajstić information content (AvgIpc) is 2.34. The fourth-order valence-electron chi connectivity index (χ4n) is 1.48. The van der Waals surface area contributed by atoms with E-state index in [4.69, 9.17) is 5.73 Å². The van der Waals surface area contributed by atoms with E-state index in [1.54, 1.807) is 6.07 Å². The second-order valence-electron chi connectivity index (χ2n) is 3.76. The Balaban J connectivity index is 2.75. The van der Waals surface area contributed by atoms with E-state index in [2.05, 4.69) is 16.6 Å². The molecule has 1 aromatic rings. The molecule has 0 aromatic carbocycles. The molecule has 6 heteroatoms. The molecule has 0 spiro atoms. The second kappa shape index (κ2) is 6.68. The molecule has 0 bridgehead atoms. The quantitative estimate of drug-likeness (QED) is 0.714. The Bertz CT molecular complexity index is 446. The highest BCUT2D eigenvalue weighted by Gasteiger charge is 2.17. The van der Waals surface area contributed by atoms with Gasteiger partial charge in [-0.05, 0) is 18.6 Å². The lowest BCUT2D eigenvalue weighted by atomic mass is 10.3. The zero-order chi connectivity index (χ0) is 12.7. The summed E-state index contributed by atoms with van der Waals surface area (Å²) in [5, 5.41) is 0. The Kier molecular flexibility index (Phi) is 5.54. The van der Waals surface area contributed by atoms with Gasteiger partial charge in [-0.25, -0.2) is 13.1 Å². The van der Waals surface area contributed by atoms with E-state index in [1.165, 1.54) is 12.3 Å². The molecule has 0 radical (unpaired) electrons. The summed E-state index contributed by atoms with van der Waals surface area (Å²) in [7, 11) is -3.48. The molecule has 0 saturated heterocycles. The molecule has 3 N–H and O–H groups in total. The summed E-state index contributed by atoms with van der Waals surface area (Å²) in [5.74, 6) is 0. The lowest BCUT2D eigenvalue weighted by Crippen LogP contribution is -2.26. The molecule has 0 aliphatic carbocycles. The molecule has 0 aliphatic heterocycles. The number of pyridine rings is 1. The Morgan fingerprint density at radius 3 is 2.82 bits per heavy atom. The van der Waals surface area contributed by atoms with Gasteiger partial charge in [0, 0.05) is 19.3 Å². The Morgan fingerprint density at radius 1 is 1.41 bits per heavy atom. The van der Waals surface area contributed by atoms with E-state index < -0.39 is 10.0 Å². The fourth-order valence-corrected chi connectivity index (χ4v) is 2.75. The molecule has 1 aromatic heterocycles. The van der Waals surface area contributed by atoms with Crippen LogP contribution in [0.25, 0.3) is 0 Å². The third-order valence-corrected chi connectivity index (χ3v) is 3.94. The molecule has 0 atom stereocenters. The molecule has 0 fully saturated rings. The van der Waals surface area contributed by atoms with Crippen molar-refractivity contribution in [3.05, 3.63) is 24.0 Å². The van der Waals surface area contributed by atoms with Gasteiger partial charge in [-0.2, -0.15) is 0 Å². The van der Waals surface area contributed by atoms with Crippen LogP contribution in [-0.2, 0) is 16.6 Å². The lowest BCUT2D eigenvalue weighted by Gasteiger charge is -2.09. The van der Waals surface area contributed by atoms with Gasteiger partial charge in [-0.15, -0.1) is 0 Å². The van der Waals surface area contributed by atoms with Crippen LogP contribution in [-0.4, -0.2) is 19.9 Å². The molecule has 0 saturated carbocycles. The van der Waals surface area contributed by atoms with Crippen LogP contribution >= 0.6 is 0 Å². The number of aromatic nitrogens is 1.